The van der Waals surface area contributed by atoms with Gasteiger partial charge in [0.05, 0.1) is 48.1 Å². The maximum absolute atomic E-state index is 13.2. The smallest absolute Gasteiger partial charge is 0.243 e. The molecule has 0 bridgehead atoms. The first kappa shape index (κ1) is 35.5. The summed E-state index contributed by atoms with van der Waals surface area (Å²) in [5, 5.41) is 8.14. The summed E-state index contributed by atoms with van der Waals surface area (Å²) in [6.45, 7) is 9.15. The topological polar surface area (TPSA) is 157 Å². The van der Waals surface area contributed by atoms with E-state index in [4.69, 9.17) is 26.2 Å². The Bertz CT molecular complexity index is 878. The molecule has 5 N–H and O–H groups in total. The molecule has 1 fully saturated rings. The number of thioether (sulfide) groups is 2. The largest absolute Gasteiger partial charge is 0.374 e. The molecule has 1 aliphatic carbocycles. The molecule has 3 amide bonds. The van der Waals surface area contributed by atoms with E-state index in [1.54, 1.807) is 37.4 Å². The molecule has 0 spiro atoms. The Hall–Kier alpha value is -1.50. The monoisotopic (exact) mass is 580 g/mol. The molecule has 216 valence electrons. The zero-order valence-corrected chi connectivity index (χ0v) is 25.3. The Morgan fingerprint density at radius 3 is 1.92 bits per heavy atom. The Labute approximate surface area is 243 Å². The predicted molar refractivity (Wildman–Crippen MR) is 158 cm³/mol. The molecule has 0 aliphatic heterocycles. The van der Waals surface area contributed by atoms with E-state index >= 15 is 0 Å². The van der Waals surface area contributed by atoms with Crippen molar-refractivity contribution < 1.29 is 28.7 Å². The van der Waals surface area contributed by atoms with Crippen molar-refractivity contribution in [3.8, 4) is 0 Å². The Morgan fingerprint density at radius 2 is 1.44 bits per heavy atom. The average molecular weight is 580 g/mol. The second kappa shape index (κ2) is 16.7. The molecule has 0 heterocycles. The quantitative estimate of drug-likeness (QED) is 0.155. The zero-order valence-electron chi connectivity index (χ0n) is 23.7. The molecule has 4 unspecified atom stereocenters. The highest BCUT2D eigenvalue weighted by atomic mass is 32.2. The van der Waals surface area contributed by atoms with Gasteiger partial charge in [0.15, 0.2) is 15.7 Å². The summed E-state index contributed by atoms with van der Waals surface area (Å²) < 4.78 is 6.01. The van der Waals surface area contributed by atoms with Gasteiger partial charge in [0, 0.05) is 22.0 Å². The van der Waals surface area contributed by atoms with E-state index in [1.807, 2.05) is 13.8 Å². The summed E-state index contributed by atoms with van der Waals surface area (Å²) in [6, 6.07) is -1.66. The summed E-state index contributed by atoms with van der Waals surface area (Å²) in [7, 11) is 10.2. The number of hydrogen-bond acceptors (Lipinski definition) is 9. The number of nitrogens with two attached hydrogens (primary N) is 1. The molecule has 1 aliphatic rings. The van der Waals surface area contributed by atoms with Gasteiger partial charge in [-0.05, 0) is 47.0 Å². The van der Waals surface area contributed by atoms with Crippen molar-refractivity contribution in [2.75, 3.05) is 31.2 Å². The number of carbonyl (C=O) groups excluding carboxylic acids is 5. The molecule has 1 rings (SSSR count). The maximum Gasteiger partial charge on any atom is 0.243 e. The Balaban J connectivity index is 2.71. The van der Waals surface area contributed by atoms with Gasteiger partial charge in [-0.3, -0.25) is 14.4 Å². The van der Waals surface area contributed by atoms with Crippen LogP contribution in [0.15, 0.2) is 0 Å². The van der Waals surface area contributed by atoms with Crippen LogP contribution in [0.25, 0.3) is 0 Å². The predicted octanol–water partition coefficient (Wildman–Crippen LogP) is 0.0400. The highest BCUT2D eigenvalue weighted by Crippen LogP contribution is 2.40. The van der Waals surface area contributed by atoms with Crippen LogP contribution in [0.3, 0.4) is 0 Å². The summed E-state index contributed by atoms with van der Waals surface area (Å²) in [4.78, 5) is 60.0. The summed E-state index contributed by atoms with van der Waals surface area (Å²) in [6.07, 6.45) is 3.65. The number of ether oxygens (including phenoxy) is 1. The lowest BCUT2D eigenvalue weighted by atomic mass is 9.92. The van der Waals surface area contributed by atoms with Gasteiger partial charge in [-0.25, -0.2) is 0 Å². The number of hydrogen-bond donors (Lipinski definition) is 4. The van der Waals surface area contributed by atoms with E-state index in [1.165, 1.54) is 0 Å². The van der Waals surface area contributed by atoms with E-state index in [9.17, 15) is 24.0 Å². The third-order valence-corrected chi connectivity index (χ3v) is 9.47. The van der Waals surface area contributed by atoms with Gasteiger partial charge >= 0.3 is 0 Å². The highest BCUT2D eigenvalue weighted by Gasteiger charge is 2.36. The molecule has 39 heavy (non-hydrogen) atoms. The van der Waals surface area contributed by atoms with Gasteiger partial charge in [0.25, 0.3) is 0 Å². The summed E-state index contributed by atoms with van der Waals surface area (Å²) >= 11 is 3.11. The fourth-order valence-corrected chi connectivity index (χ4v) is 6.66. The second-order valence-electron chi connectivity index (χ2n) is 11.0. The maximum atomic E-state index is 13.2. The lowest BCUT2D eigenvalue weighted by Crippen LogP contribution is -2.54. The first-order chi connectivity index (χ1) is 18.1. The van der Waals surface area contributed by atoms with Gasteiger partial charge in [-0.15, -0.1) is 0 Å². The lowest BCUT2D eigenvalue weighted by molar-refractivity contribution is -0.140. The SMILES string of the molecule is [B]C(=O)CNC(=O)C(N)CSC1CCC1SCC(NC(=O)C(C)(C)COC(C)(C)CCC)C(=O)NCC([B])=O. The van der Waals surface area contributed by atoms with Crippen molar-refractivity contribution in [2.45, 2.75) is 88.5 Å². The standard InChI is InChI=1S/C25H42B2N4O6S2/c1-6-9-25(4,5)37-14-24(2,3)23(36)31-16(22(35)30-11-20(27)33)13-39-18-8-7-17(18)38-12-15(28)21(34)29-10-19(26)32/h15-18H,6-14,28H2,1-5H3,(H,29,34)(H,30,35)(H,31,36). The fourth-order valence-electron chi connectivity index (χ4n) is 3.60. The van der Waals surface area contributed by atoms with E-state index in [0.717, 1.165) is 25.7 Å². The van der Waals surface area contributed by atoms with Crippen LogP contribution in [0.4, 0.5) is 0 Å². The third-order valence-electron chi connectivity index (χ3n) is 6.24. The minimum Gasteiger partial charge on any atom is -0.374 e. The first-order valence-electron chi connectivity index (χ1n) is 13.1. The van der Waals surface area contributed by atoms with Crippen LogP contribution >= 0.6 is 23.5 Å². The fraction of sp³-hybridized carbons (Fsp3) is 0.800. The minimum absolute atomic E-state index is 0.184. The van der Waals surface area contributed by atoms with Crippen LogP contribution in [0.5, 0.6) is 0 Å². The highest BCUT2D eigenvalue weighted by molar-refractivity contribution is 8.04. The molecule has 10 nitrogen and oxygen atoms in total. The van der Waals surface area contributed by atoms with Crippen LogP contribution in [0.2, 0.25) is 0 Å². The van der Waals surface area contributed by atoms with Crippen LogP contribution in [-0.4, -0.2) is 104 Å². The van der Waals surface area contributed by atoms with Gasteiger partial charge in [0.1, 0.15) is 6.04 Å². The molecule has 0 aromatic carbocycles. The summed E-state index contributed by atoms with van der Waals surface area (Å²) in [5.41, 5.74) is 3.33. The van der Waals surface area contributed by atoms with E-state index in [-0.39, 0.29) is 41.7 Å². The molecular formula is C25H42B2N4O6S2. The number of carbonyl (C=O) groups is 5. The molecule has 14 heteroatoms. The molecule has 0 aromatic rings. The minimum atomic E-state index is -0.891. The average Bonchev–Trinajstić information content (AvgIpc) is 2.83. The van der Waals surface area contributed by atoms with Gasteiger partial charge in [0.2, 0.25) is 17.7 Å². The van der Waals surface area contributed by atoms with Gasteiger partial charge in [-0.1, -0.05) is 13.3 Å². The van der Waals surface area contributed by atoms with E-state index in [2.05, 4.69) is 22.9 Å². The first-order valence-corrected chi connectivity index (χ1v) is 15.2. The second-order valence-corrected chi connectivity index (χ2v) is 13.5. The van der Waals surface area contributed by atoms with Gasteiger partial charge < -0.3 is 36.0 Å². The van der Waals surface area contributed by atoms with E-state index in [0.29, 0.717) is 11.5 Å². The van der Waals surface area contributed by atoms with Crippen LogP contribution in [0.1, 0.15) is 60.3 Å². The zero-order chi connectivity index (χ0) is 29.8. The number of amides is 3. The van der Waals surface area contributed by atoms with Crippen molar-refractivity contribution in [2.24, 2.45) is 11.1 Å². The van der Waals surface area contributed by atoms with E-state index < -0.39 is 40.7 Å². The van der Waals surface area contributed by atoms with Crippen molar-refractivity contribution in [3.05, 3.63) is 0 Å². The van der Waals surface area contributed by atoms with Crippen LogP contribution in [-0.2, 0) is 28.7 Å². The van der Waals surface area contributed by atoms with Crippen molar-refractivity contribution in [3.63, 3.8) is 0 Å². The van der Waals surface area contributed by atoms with Crippen molar-refractivity contribution in [1.29, 1.82) is 0 Å². The van der Waals surface area contributed by atoms with Crippen LogP contribution in [0, 0.1) is 5.41 Å². The molecular weight excluding hydrogens is 538 g/mol. The van der Waals surface area contributed by atoms with Crippen LogP contribution < -0.4 is 21.7 Å². The summed E-state index contributed by atoms with van der Waals surface area (Å²) in [5.74, 6) is -0.602. The van der Waals surface area contributed by atoms with Gasteiger partial charge in [-0.2, -0.15) is 23.5 Å². The Morgan fingerprint density at radius 1 is 0.923 bits per heavy atom. The van der Waals surface area contributed by atoms with Crippen molar-refractivity contribution in [1.82, 2.24) is 16.0 Å². The molecule has 0 saturated heterocycles. The normalized spacial score (nSPS) is 18.8. The van der Waals surface area contributed by atoms with Crippen molar-refractivity contribution >= 4 is 68.3 Å². The third kappa shape index (κ3) is 13.6. The molecule has 0 aromatic heterocycles. The molecule has 1 saturated carbocycles. The molecule has 4 radical (unpaired) electrons. The number of nitrogens with one attached hydrogen (secondary N) is 3. The molecule has 4 atom stereocenters. The Kier molecular flexibility index (Phi) is 15.2. The lowest BCUT2D eigenvalue weighted by Gasteiger charge is -2.37. The number of rotatable bonds is 19.